The normalized spacial score (nSPS) is 14.5. The van der Waals surface area contributed by atoms with Crippen molar-refractivity contribution in [3.8, 4) is 5.75 Å². The van der Waals surface area contributed by atoms with E-state index in [-0.39, 0.29) is 0 Å². The van der Waals surface area contributed by atoms with Crippen LogP contribution in [0.25, 0.3) is 0 Å². The van der Waals surface area contributed by atoms with Gasteiger partial charge in [-0.15, -0.1) is 0 Å². The molecule has 1 aliphatic rings. The predicted molar refractivity (Wildman–Crippen MR) is 134 cm³/mol. The molecule has 0 aliphatic carbocycles. The second-order valence-corrected chi connectivity index (χ2v) is 8.27. The number of ether oxygens (including phenoxy) is 1. The molecule has 1 saturated heterocycles. The summed E-state index contributed by atoms with van der Waals surface area (Å²) in [4.78, 5) is 14.0. The standard InChI is InChI=1S/C26H34N6O/c1-4-27-26(31-15-13-30(14-16-31)24-9-6-10-25(18-24)33-3)29-19-22-7-5-8-23(17-22)20-32-12-11-28-21(32)2/h5-12,17-18H,4,13-16,19-20H2,1-3H3,(H,27,29). The minimum absolute atomic E-state index is 0.662. The van der Waals surface area contributed by atoms with Crippen LogP contribution in [0.2, 0.25) is 0 Å². The Hall–Kier alpha value is -3.48. The van der Waals surface area contributed by atoms with Gasteiger partial charge in [-0.25, -0.2) is 9.98 Å². The van der Waals surface area contributed by atoms with Crippen molar-refractivity contribution in [1.82, 2.24) is 19.8 Å². The van der Waals surface area contributed by atoms with Gasteiger partial charge in [-0.2, -0.15) is 0 Å². The van der Waals surface area contributed by atoms with Crippen LogP contribution in [-0.2, 0) is 13.1 Å². The van der Waals surface area contributed by atoms with Crippen molar-refractivity contribution in [3.05, 3.63) is 77.9 Å². The average molecular weight is 447 g/mol. The average Bonchev–Trinajstić information content (AvgIpc) is 3.26. The molecule has 1 fully saturated rings. The second kappa shape index (κ2) is 10.9. The third-order valence-corrected chi connectivity index (χ3v) is 6.01. The van der Waals surface area contributed by atoms with E-state index in [1.807, 2.05) is 31.5 Å². The van der Waals surface area contributed by atoms with E-state index in [0.717, 1.165) is 56.8 Å². The van der Waals surface area contributed by atoms with Crippen LogP contribution in [0.5, 0.6) is 5.75 Å². The van der Waals surface area contributed by atoms with Crippen molar-refractivity contribution in [3.63, 3.8) is 0 Å². The van der Waals surface area contributed by atoms with Gasteiger partial charge in [0.1, 0.15) is 11.6 Å². The lowest BCUT2D eigenvalue weighted by molar-refractivity contribution is 0.372. The molecule has 3 aromatic rings. The summed E-state index contributed by atoms with van der Waals surface area (Å²) in [6.07, 6.45) is 3.87. The molecular formula is C26H34N6O. The number of hydrogen-bond acceptors (Lipinski definition) is 4. The molecule has 1 aliphatic heterocycles. The van der Waals surface area contributed by atoms with E-state index in [2.05, 4.69) is 68.0 Å². The van der Waals surface area contributed by atoms with E-state index in [4.69, 9.17) is 9.73 Å². The van der Waals surface area contributed by atoms with Crippen molar-refractivity contribution in [2.45, 2.75) is 26.9 Å². The first kappa shape index (κ1) is 22.7. The highest BCUT2D eigenvalue weighted by Gasteiger charge is 2.20. The quantitative estimate of drug-likeness (QED) is 0.444. The number of methoxy groups -OCH3 is 1. The lowest BCUT2D eigenvalue weighted by Crippen LogP contribution is -2.52. The first-order valence-electron chi connectivity index (χ1n) is 11.6. The van der Waals surface area contributed by atoms with Gasteiger partial charge >= 0.3 is 0 Å². The highest BCUT2D eigenvalue weighted by atomic mass is 16.5. The Labute approximate surface area is 196 Å². The maximum absolute atomic E-state index is 5.38. The van der Waals surface area contributed by atoms with E-state index in [9.17, 15) is 0 Å². The van der Waals surface area contributed by atoms with Gasteiger partial charge in [0.25, 0.3) is 0 Å². The maximum atomic E-state index is 5.38. The van der Waals surface area contributed by atoms with Crippen LogP contribution in [-0.4, -0.2) is 60.2 Å². The summed E-state index contributed by atoms with van der Waals surface area (Å²) in [7, 11) is 1.71. The number of nitrogens with one attached hydrogen (secondary N) is 1. The maximum Gasteiger partial charge on any atom is 0.194 e. The first-order chi connectivity index (χ1) is 16.2. The molecule has 4 rings (SSSR count). The number of imidazole rings is 1. The molecule has 1 aromatic heterocycles. The number of aliphatic imine (C=N–C) groups is 1. The Bertz CT molecular complexity index is 1070. The van der Waals surface area contributed by atoms with Gasteiger partial charge < -0.3 is 24.4 Å². The molecule has 33 heavy (non-hydrogen) atoms. The van der Waals surface area contributed by atoms with Gasteiger partial charge in [0.05, 0.1) is 13.7 Å². The van der Waals surface area contributed by atoms with Gasteiger partial charge in [-0.3, -0.25) is 0 Å². The van der Waals surface area contributed by atoms with Crippen LogP contribution in [0.3, 0.4) is 0 Å². The van der Waals surface area contributed by atoms with Gasteiger partial charge in [-0.05, 0) is 37.1 Å². The van der Waals surface area contributed by atoms with Crippen LogP contribution in [0.15, 0.2) is 65.9 Å². The molecule has 7 nitrogen and oxygen atoms in total. The molecule has 0 bridgehead atoms. The van der Waals surface area contributed by atoms with Crippen LogP contribution >= 0.6 is 0 Å². The fourth-order valence-electron chi connectivity index (χ4n) is 4.17. The van der Waals surface area contributed by atoms with E-state index < -0.39 is 0 Å². The van der Waals surface area contributed by atoms with Gasteiger partial charge in [0.2, 0.25) is 0 Å². The fraction of sp³-hybridized carbons (Fsp3) is 0.385. The monoisotopic (exact) mass is 446 g/mol. The molecule has 7 heteroatoms. The summed E-state index contributed by atoms with van der Waals surface area (Å²) in [6, 6.07) is 17.0. The molecule has 0 atom stereocenters. The number of piperazine rings is 1. The first-order valence-corrected chi connectivity index (χ1v) is 11.6. The molecule has 1 N–H and O–H groups in total. The molecule has 2 heterocycles. The van der Waals surface area contributed by atoms with E-state index in [0.29, 0.717) is 6.54 Å². The molecule has 0 radical (unpaired) electrons. The van der Waals surface area contributed by atoms with Crippen LogP contribution in [0.1, 0.15) is 23.9 Å². The minimum Gasteiger partial charge on any atom is -0.497 e. The number of benzene rings is 2. The molecular weight excluding hydrogens is 412 g/mol. The fourth-order valence-corrected chi connectivity index (χ4v) is 4.17. The van der Waals surface area contributed by atoms with Crippen molar-refractivity contribution < 1.29 is 4.74 Å². The van der Waals surface area contributed by atoms with Crippen molar-refractivity contribution in [2.75, 3.05) is 44.7 Å². The molecule has 0 amide bonds. The van der Waals surface area contributed by atoms with Crippen LogP contribution in [0, 0.1) is 6.92 Å². The SMILES string of the molecule is CCNC(=NCc1cccc(Cn2ccnc2C)c1)N1CCN(c2cccc(OC)c2)CC1. The van der Waals surface area contributed by atoms with Gasteiger partial charge in [-0.1, -0.05) is 30.3 Å². The zero-order chi connectivity index (χ0) is 23.0. The summed E-state index contributed by atoms with van der Waals surface area (Å²) in [6.45, 7) is 10.3. The smallest absolute Gasteiger partial charge is 0.194 e. The van der Waals surface area contributed by atoms with Crippen LogP contribution in [0.4, 0.5) is 5.69 Å². The zero-order valence-electron chi connectivity index (χ0n) is 19.9. The molecule has 174 valence electrons. The number of hydrogen-bond donors (Lipinski definition) is 1. The largest absolute Gasteiger partial charge is 0.497 e. The summed E-state index contributed by atoms with van der Waals surface area (Å²) in [5.74, 6) is 2.91. The van der Waals surface area contributed by atoms with E-state index in [1.54, 1.807) is 7.11 Å². The van der Waals surface area contributed by atoms with Crippen molar-refractivity contribution >= 4 is 11.6 Å². The van der Waals surface area contributed by atoms with Crippen LogP contribution < -0.4 is 15.0 Å². The topological polar surface area (TPSA) is 57.9 Å². The highest BCUT2D eigenvalue weighted by Crippen LogP contribution is 2.22. The summed E-state index contributed by atoms with van der Waals surface area (Å²) in [5.41, 5.74) is 3.69. The number of anilines is 1. The number of guanidine groups is 1. The highest BCUT2D eigenvalue weighted by molar-refractivity contribution is 5.80. The van der Waals surface area contributed by atoms with Crippen molar-refractivity contribution in [1.29, 1.82) is 0 Å². The lowest BCUT2D eigenvalue weighted by atomic mass is 10.1. The minimum atomic E-state index is 0.662. The Morgan fingerprint density at radius 3 is 2.58 bits per heavy atom. The zero-order valence-corrected chi connectivity index (χ0v) is 19.9. The summed E-state index contributed by atoms with van der Waals surface area (Å²) >= 11 is 0. The molecule has 2 aromatic carbocycles. The Balaban J connectivity index is 1.39. The predicted octanol–water partition coefficient (Wildman–Crippen LogP) is 3.54. The molecule has 0 unspecified atom stereocenters. The molecule has 0 spiro atoms. The van der Waals surface area contributed by atoms with Gasteiger partial charge in [0, 0.05) is 63.4 Å². The number of nitrogens with zero attached hydrogens (tertiary/aromatic N) is 5. The van der Waals surface area contributed by atoms with Crippen molar-refractivity contribution in [2.24, 2.45) is 4.99 Å². The third-order valence-electron chi connectivity index (χ3n) is 6.01. The Morgan fingerprint density at radius 1 is 1.06 bits per heavy atom. The molecule has 0 saturated carbocycles. The lowest BCUT2D eigenvalue weighted by Gasteiger charge is -2.37. The van der Waals surface area contributed by atoms with Gasteiger partial charge in [0.15, 0.2) is 5.96 Å². The number of aryl methyl sites for hydroxylation is 1. The summed E-state index contributed by atoms with van der Waals surface area (Å²) in [5, 5.41) is 3.48. The number of rotatable bonds is 7. The second-order valence-electron chi connectivity index (χ2n) is 8.27. The summed E-state index contributed by atoms with van der Waals surface area (Å²) < 4.78 is 7.54. The Kier molecular flexibility index (Phi) is 7.50. The number of aromatic nitrogens is 2. The van der Waals surface area contributed by atoms with E-state index >= 15 is 0 Å². The van der Waals surface area contributed by atoms with E-state index in [1.165, 1.54) is 16.8 Å². The Morgan fingerprint density at radius 2 is 1.85 bits per heavy atom. The third kappa shape index (κ3) is 5.86.